The van der Waals surface area contributed by atoms with Gasteiger partial charge in [0.15, 0.2) is 0 Å². The minimum atomic E-state index is -1.45. The van der Waals surface area contributed by atoms with Gasteiger partial charge in [0.2, 0.25) is 5.78 Å². The molecule has 0 aliphatic carbocycles. The molecule has 0 atom stereocenters. The topological polar surface area (TPSA) is 90.8 Å². The minimum absolute atomic E-state index is 0.120. The summed E-state index contributed by atoms with van der Waals surface area (Å²) in [6, 6.07) is 0. The summed E-state index contributed by atoms with van der Waals surface area (Å²) < 4.78 is 0. The van der Waals surface area contributed by atoms with Crippen molar-refractivity contribution in [3.05, 3.63) is 5.53 Å². The highest BCUT2D eigenvalue weighted by Crippen LogP contribution is 1.91. The van der Waals surface area contributed by atoms with Crippen LogP contribution in [0, 0.1) is 0 Å². The predicted molar refractivity (Wildman–Crippen MR) is 36.2 cm³/mol. The average Bonchev–Trinajstić information content (AvgIpc) is 1.99. The molecule has 0 spiro atoms. The molecule has 0 aromatic rings. The number of carboxylic acids is 1. The zero-order chi connectivity index (χ0) is 8.85. The SMILES string of the molecule is CC(CCC(=O)C(=O)O)=[N+]=[N-]. The summed E-state index contributed by atoms with van der Waals surface area (Å²) in [4.78, 5) is 23.2. The van der Waals surface area contributed by atoms with Gasteiger partial charge >= 0.3 is 5.97 Å². The highest BCUT2D eigenvalue weighted by Gasteiger charge is 2.12. The van der Waals surface area contributed by atoms with E-state index in [2.05, 4.69) is 4.79 Å². The third-order valence-electron chi connectivity index (χ3n) is 1.12. The molecule has 0 bridgehead atoms. The number of hydrogen-bond donors (Lipinski definition) is 1. The smallest absolute Gasteiger partial charge is 0.372 e. The Morgan fingerprint density at radius 1 is 1.45 bits per heavy atom. The number of carbonyl (C=O) groups is 2. The lowest BCUT2D eigenvalue weighted by molar-refractivity contribution is -0.149. The molecule has 0 unspecified atom stereocenters. The number of hydrogen-bond acceptors (Lipinski definition) is 2. The number of carbonyl (C=O) groups excluding carboxylic acids is 1. The lowest BCUT2D eigenvalue weighted by Gasteiger charge is -1.87. The van der Waals surface area contributed by atoms with Crippen LogP contribution in [0.25, 0.3) is 5.53 Å². The van der Waals surface area contributed by atoms with Gasteiger partial charge in [0.05, 0.1) is 6.42 Å². The molecule has 0 aliphatic rings. The van der Waals surface area contributed by atoms with Gasteiger partial charge < -0.3 is 10.6 Å². The molecule has 0 aliphatic heterocycles. The quantitative estimate of drug-likeness (QED) is 0.271. The number of rotatable bonds is 4. The van der Waals surface area contributed by atoms with Crippen LogP contribution in [0.15, 0.2) is 0 Å². The van der Waals surface area contributed by atoms with Crippen molar-refractivity contribution in [2.45, 2.75) is 19.8 Å². The molecule has 11 heavy (non-hydrogen) atoms. The van der Waals surface area contributed by atoms with Crippen LogP contribution in [-0.4, -0.2) is 27.4 Å². The Kier molecular flexibility index (Phi) is 3.77. The molecule has 60 valence electrons. The van der Waals surface area contributed by atoms with Crippen molar-refractivity contribution in [2.24, 2.45) is 0 Å². The molecular formula is C6H8N2O3. The normalized spacial score (nSPS) is 8.45. The van der Waals surface area contributed by atoms with Crippen molar-refractivity contribution in [2.75, 3.05) is 0 Å². The van der Waals surface area contributed by atoms with E-state index in [1.807, 2.05) is 0 Å². The number of Topliss-reactive ketones (excluding diaryl/α,β-unsaturated/α-hetero) is 1. The van der Waals surface area contributed by atoms with Gasteiger partial charge in [0.25, 0.3) is 5.71 Å². The van der Waals surface area contributed by atoms with Crippen LogP contribution in [0.4, 0.5) is 0 Å². The lowest BCUT2D eigenvalue weighted by atomic mass is 10.2. The van der Waals surface area contributed by atoms with Crippen LogP contribution in [0.3, 0.4) is 0 Å². The standard InChI is InChI=1S/C6H8N2O3/c1-4(8-7)2-3-5(9)6(10)11/h2-3H2,1H3,(H,10,11). The average molecular weight is 156 g/mol. The van der Waals surface area contributed by atoms with E-state index in [9.17, 15) is 9.59 Å². The van der Waals surface area contributed by atoms with Gasteiger partial charge in [0, 0.05) is 13.3 Å². The van der Waals surface area contributed by atoms with E-state index in [1.165, 1.54) is 6.92 Å². The molecule has 1 N–H and O–H groups in total. The van der Waals surface area contributed by atoms with Gasteiger partial charge in [-0.15, -0.1) is 0 Å². The minimum Gasteiger partial charge on any atom is -0.476 e. The van der Waals surface area contributed by atoms with E-state index in [-0.39, 0.29) is 12.8 Å². The summed E-state index contributed by atoms with van der Waals surface area (Å²) in [5.74, 6) is -2.32. The molecule has 0 heterocycles. The second-order valence-corrected chi connectivity index (χ2v) is 2.06. The molecule has 0 saturated heterocycles. The highest BCUT2D eigenvalue weighted by atomic mass is 16.4. The fourth-order valence-corrected chi connectivity index (χ4v) is 0.451. The number of ketones is 1. The molecular weight excluding hydrogens is 148 g/mol. The van der Waals surface area contributed by atoms with Gasteiger partial charge in [-0.05, 0) is 0 Å². The predicted octanol–water partition coefficient (Wildman–Crippen LogP) is 0.111. The van der Waals surface area contributed by atoms with E-state index in [4.69, 9.17) is 10.6 Å². The van der Waals surface area contributed by atoms with Crippen molar-refractivity contribution in [3.63, 3.8) is 0 Å². The third-order valence-corrected chi connectivity index (χ3v) is 1.12. The first kappa shape index (κ1) is 9.52. The van der Waals surface area contributed by atoms with Crippen LogP contribution in [-0.2, 0) is 9.59 Å². The molecule has 0 rings (SSSR count). The Labute approximate surface area is 63.3 Å². The number of aliphatic carboxylic acids is 1. The van der Waals surface area contributed by atoms with Gasteiger partial charge in [-0.3, -0.25) is 4.79 Å². The summed E-state index contributed by atoms with van der Waals surface area (Å²) in [5, 5.41) is 8.12. The summed E-state index contributed by atoms with van der Waals surface area (Å²) in [5.41, 5.74) is 8.46. The fraction of sp³-hybridized carbons (Fsp3) is 0.500. The summed E-state index contributed by atoms with van der Waals surface area (Å²) >= 11 is 0. The molecule has 0 radical (unpaired) electrons. The van der Waals surface area contributed by atoms with E-state index in [1.54, 1.807) is 0 Å². The van der Waals surface area contributed by atoms with E-state index < -0.39 is 11.8 Å². The Balaban J connectivity index is 3.81. The van der Waals surface area contributed by atoms with E-state index >= 15 is 0 Å². The van der Waals surface area contributed by atoms with Gasteiger partial charge in [-0.25, -0.2) is 4.79 Å². The Morgan fingerprint density at radius 3 is 2.36 bits per heavy atom. The number of carboxylic acid groups (broad SMARTS) is 1. The van der Waals surface area contributed by atoms with Crippen LogP contribution < -0.4 is 0 Å². The second-order valence-electron chi connectivity index (χ2n) is 2.06. The molecule has 0 amide bonds. The first-order valence-corrected chi connectivity index (χ1v) is 3.01. The molecule has 0 fully saturated rings. The largest absolute Gasteiger partial charge is 0.476 e. The van der Waals surface area contributed by atoms with Crippen molar-refractivity contribution in [1.82, 2.24) is 0 Å². The molecule has 0 aromatic heterocycles. The second kappa shape index (κ2) is 4.35. The first-order chi connectivity index (χ1) is 5.07. The summed E-state index contributed by atoms with van der Waals surface area (Å²) in [7, 11) is 0. The zero-order valence-electron chi connectivity index (χ0n) is 6.07. The van der Waals surface area contributed by atoms with E-state index in [0.29, 0.717) is 5.71 Å². The Morgan fingerprint density at radius 2 is 2.00 bits per heavy atom. The van der Waals surface area contributed by atoms with Crippen molar-refractivity contribution < 1.29 is 19.5 Å². The maximum absolute atomic E-state index is 10.4. The van der Waals surface area contributed by atoms with Gasteiger partial charge in [0.1, 0.15) is 0 Å². The molecule has 0 aromatic carbocycles. The van der Waals surface area contributed by atoms with Gasteiger partial charge in [-0.2, -0.15) is 4.79 Å². The molecule has 5 nitrogen and oxygen atoms in total. The molecule has 5 heteroatoms. The van der Waals surface area contributed by atoms with Crippen molar-refractivity contribution in [3.8, 4) is 0 Å². The van der Waals surface area contributed by atoms with Crippen molar-refractivity contribution in [1.29, 1.82) is 0 Å². The molecule has 0 saturated carbocycles. The fourth-order valence-electron chi connectivity index (χ4n) is 0.451. The highest BCUT2D eigenvalue weighted by molar-refractivity contribution is 6.32. The summed E-state index contributed by atoms with van der Waals surface area (Å²) in [6.45, 7) is 1.51. The van der Waals surface area contributed by atoms with Crippen LogP contribution >= 0.6 is 0 Å². The summed E-state index contributed by atoms with van der Waals surface area (Å²) in [6.07, 6.45) is 0.0624. The first-order valence-electron chi connectivity index (χ1n) is 3.01. The van der Waals surface area contributed by atoms with E-state index in [0.717, 1.165) is 0 Å². The van der Waals surface area contributed by atoms with Crippen LogP contribution in [0.5, 0.6) is 0 Å². The maximum atomic E-state index is 10.4. The monoisotopic (exact) mass is 156 g/mol. The Bertz CT molecular complexity index is 228. The van der Waals surface area contributed by atoms with Gasteiger partial charge in [-0.1, -0.05) is 0 Å². The van der Waals surface area contributed by atoms with Crippen molar-refractivity contribution >= 4 is 17.5 Å². The third kappa shape index (κ3) is 4.00. The zero-order valence-corrected chi connectivity index (χ0v) is 6.07. The number of nitrogens with zero attached hydrogens (tertiary/aromatic N) is 2. The maximum Gasteiger partial charge on any atom is 0.372 e. The Hall–Kier alpha value is -1.48. The lowest BCUT2D eigenvalue weighted by Crippen LogP contribution is -2.13. The van der Waals surface area contributed by atoms with Crippen LogP contribution in [0.1, 0.15) is 19.8 Å². The van der Waals surface area contributed by atoms with Crippen LogP contribution in [0.2, 0.25) is 0 Å².